The van der Waals surface area contributed by atoms with Crippen LogP contribution < -0.4 is 5.32 Å². The summed E-state index contributed by atoms with van der Waals surface area (Å²) in [4.78, 5) is 22.2. The quantitative estimate of drug-likeness (QED) is 0.541. The van der Waals surface area contributed by atoms with Crippen LogP contribution in [0.5, 0.6) is 5.75 Å². The van der Waals surface area contributed by atoms with E-state index in [0.717, 1.165) is 6.42 Å². The maximum atomic E-state index is 11.5. The van der Waals surface area contributed by atoms with Gasteiger partial charge in [0, 0.05) is 24.6 Å². The van der Waals surface area contributed by atoms with Crippen LogP contribution in [0.1, 0.15) is 36.0 Å². The second-order valence-corrected chi connectivity index (χ2v) is 4.00. The van der Waals surface area contributed by atoms with Crippen molar-refractivity contribution >= 4 is 17.6 Å². The molecule has 0 saturated heterocycles. The van der Waals surface area contributed by atoms with Gasteiger partial charge in [0.25, 0.3) is 0 Å². The molecule has 0 aliphatic carbocycles. The number of hydrogen-bond donors (Lipinski definition) is 3. The lowest BCUT2D eigenvalue weighted by molar-refractivity contribution is -0.116. The molecule has 1 rings (SSSR count). The summed E-state index contributed by atoms with van der Waals surface area (Å²) in [5, 5.41) is 20.8. The Morgan fingerprint density at radius 3 is 2.63 bits per heavy atom. The molecule has 0 bridgehead atoms. The molecule has 1 amide bonds. The van der Waals surface area contributed by atoms with Crippen LogP contribution in [0.25, 0.3) is 0 Å². The van der Waals surface area contributed by atoms with Gasteiger partial charge in [0.05, 0.1) is 0 Å². The summed E-state index contributed by atoms with van der Waals surface area (Å²) in [7, 11) is 0. The lowest BCUT2D eigenvalue weighted by Crippen LogP contribution is -2.11. The summed E-state index contributed by atoms with van der Waals surface area (Å²) in [6.45, 7) is 0. The number of carboxylic acid groups (broad SMARTS) is 1. The third-order valence-corrected chi connectivity index (χ3v) is 2.49. The van der Waals surface area contributed by atoms with Crippen LogP contribution in [-0.4, -0.2) is 22.1 Å². The SMILES string of the molecule is C#CCCCCC(=O)Nc1ccc(C(=O)O)c(O)c1. The molecule has 19 heavy (non-hydrogen) atoms. The molecule has 0 aliphatic rings. The zero-order valence-electron chi connectivity index (χ0n) is 10.3. The van der Waals surface area contributed by atoms with Crippen molar-refractivity contribution in [1.82, 2.24) is 0 Å². The van der Waals surface area contributed by atoms with Gasteiger partial charge in [-0.3, -0.25) is 4.79 Å². The van der Waals surface area contributed by atoms with E-state index in [1.807, 2.05) is 0 Å². The van der Waals surface area contributed by atoms with Gasteiger partial charge in [-0.15, -0.1) is 12.3 Å². The van der Waals surface area contributed by atoms with E-state index >= 15 is 0 Å². The molecule has 1 aromatic rings. The molecular formula is C14H15NO4. The maximum Gasteiger partial charge on any atom is 0.339 e. The lowest BCUT2D eigenvalue weighted by Gasteiger charge is -2.06. The van der Waals surface area contributed by atoms with Gasteiger partial charge in [-0.2, -0.15) is 0 Å². The highest BCUT2D eigenvalue weighted by molar-refractivity contribution is 5.94. The molecular weight excluding hydrogens is 246 g/mol. The fourth-order valence-corrected chi connectivity index (χ4v) is 1.53. The minimum absolute atomic E-state index is 0.195. The van der Waals surface area contributed by atoms with E-state index in [4.69, 9.17) is 11.5 Å². The van der Waals surface area contributed by atoms with Crippen molar-refractivity contribution in [1.29, 1.82) is 0 Å². The molecule has 1 aromatic carbocycles. The van der Waals surface area contributed by atoms with Crippen LogP contribution in [0.15, 0.2) is 18.2 Å². The van der Waals surface area contributed by atoms with Gasteiger partial charge in [-0.1, -0.05) is 0 Å². The largest absolute Gasteiger partial charge is 0.507 e. The molecule has 0 fully saturated rings. The van der Waals surface area contributed by atoms with Crippen molar-refractivity contribution in [2.45, 2.75) is 25.7 Å². The predicted octanol–water partition coefficient (Wildman–Crippen LogP) is 2.22. The van der Waals surface area contributed by atoms with Gasteiger partial charge in [0.2, 0.25) is 5.91 Å². The monoisotopic (exact) mass is 261 g/mol. The number of carbonyl (C=O) groups is 2. The summed E-state index contributed by atoms with van der Waals surface area (Å²) in [5.74, 6) is 0.705. The number of phenols is 1. The fourth-order valence-electron chi connectivity index (χ4n) is 1.53. The number of terminal acetylenes is 1. The van der Waals surface area contributed by atoms with Crippen LogP contribution >= 0.6 is 0 Å². The van der Waals surface area contributed by atoms with Crippen molar-refractivity contribution < 1.29 is 19.8 Å². The van der Waals surface area contributed by atoms with Gasteiger partial charge in [-0.25, -0.2) is 4.79 Å². The van der Waals surface area contributed by atoms with Gasteiger partial charge < -0.3 is 15.5 Å². The Morgan fingerprint density at radius 2 is 2.05 bits per heavy atom. The Labute approximate surface area is 111 Å². The van der Waals surface area contributed by atoms with Crippen LogP contribution in [0.3, 0.4) is 0 Å². The smallest absolute Gasteiger partial charge is 0.339 e. The number of aromatic carboxylic acids is 1. The van der Waals surface area contributed by atoms with Crippen LogP contribution in [-0.2, 0) is 4.79 Å². The van der Waals surface area contributed by atoms with Gasteiger partial charge in [0.1, 0.15) is 11.3 Å². The van der Waals surface area contributed by atoms with Crippen molar-refractivity contribution in [2.75, 3.05) is 5.32 Å². The molecule has 5 heteroatoms. The predicted molar refractivity (Wildman–Crippen MR) is 71.0 cm³/mol. The third-order valence-electron chi connectivity index (χ3n) is 2.49. The van der Waals surface area contributed by atoms with E-state index in [2.05, 4.69) is 11.2 Å². The first-order chi connectivity index (χ1) is 9.04. The van der Waals surface area contributed by atoms with Gasteiger partial charge in [0.15, 0.2) is 0 Å². The van der Waals surface area contributed by atoms with Crippen molar-refractivity contribution in [3.63, 3.8) is 0 Å². The van der Waals surface area contributed by atoms with E-state index in [-0.39, 0.29) is 17.2 Å². The molecule has 0 radical (unpaired) electrons. The first kappa shape index (κ1) is 14.6. The van der Waals surface area contributed by atoms with Crippen molar-refractivity contribution in [3.8, 4) is 18.1 Å². The molecule has 0 spiro atoms. The number of benzene rings is 1. The third kappa shape index (κ3) is 4.72. The highest BCUT2D eigenvalue weighted by Gasteiger charge is 2.10. The number of aromatic hydroxyl groups is 1. The summed E-state index contributed by atoms with van der Waals surface area (Å²) >= 11 is 0. The minimum atomic E-state index is -1.22. The summed E-state index contributed by atoms with van der Waals surface area (Å²) in [6.07, 6.45) is 7.55. The molecule has 100 valence electrons. The lowest BCUT2D eigenvalue weighted by atomic mass is 10.1. The number of rotatable bonds is 6. The number of hydrogen-bond acceptors (Lipinski definition) is 3. The molecule has 5 nitrogen and oxygen atoms in total. The zero-order valence-corrected chi connectivity index (χ0v) is 10.3. The number of nitrogens with one attached hydrogen (secondary N) is 1. The Hall–Kier alpha value is -2.48. The van der Waals surface area contributed by atoms with E-state index in [0.29, 0.717) is 24.9 Å². The molecule has 0 atom stereocenters. The highest BCUT2D eigenvalue weighted by Crippen LogP contribution is 2.22. The van der Waals surface area contributed by atoms with E-state index in [9.17, 15) is 14.7 Å². The molecule has 0 heterocycles. The van der Waals surface area contributed by atoms with Crippen LogP contribution in [0, 0.1) is 12.3 Å². The fraction of sp³-hybridized carbons (Fsp3) is 0.286. The van der Waals surface area contributed by atoms with Gasteiger partial charge >= 0.3 is 5.97 Å². The van der Waals surface area contributed by atoms with E-state index < -0.39 is 5.97 Å². The van der Waals surface area contributed by atoms with Crippen LogP contribution in [0.4, 0.5) is 5.69 Å². The molecule has 0 saturated carbocycles. The maximum absolute atomic E-state index is 11.5. The summed E-state index contributed by atoms with van der Waals surface area (Å²) in [6, 6.07) is 3.89. The Balaban J connectivity index is 2.54. The summed E-state index contributed by atoms with van der Waals surface area (Å²) in [5.41, 5.74) is 0.163. The van der Waals surface area contributed by atoms with Crippen molar-refractivity contribution in [2.24, 2.45) is 0 Å². The normalized spacial score (nSPS) is 9.63. The number of unbranched alkanes of at least 4 members (excludes halogenated alkanes) is 2. The van der Waals surface area contributed by atoms with E-state index in [1.54, 1.807) is 0 Å². The standard InChI is InChI=1S/C14H15NO4/c1-2-3-4-5-6-13(17)15-10-7-8-11(14(18)19)12(16)9-10/h1,7-9,16H,3-6H2,(H,15,17)(H,18,19). The minimum Gasteiger partial charge on any atom is -0.507 e. The van der Waals surface area contributed by atoms with Crippen LogP contribution in [0.2, 0.25) is 0 Å². The number of amides is 1. The van der Waals surface area contributed by atoms with E-state index in [1.165, 1.54) is 18.2 Å². The average Bonchev–Trinajstić information content (AvgIpc) is 2.34. The number of carboxylic acids is 1. The molecule has 0 unspecified atom stereocenters. The topological polar surface area (TPSA) is 86.6 Å². The van der Waals surface area contributed by atoms with Crippen molar-refractivity contribution in [3.05, 3.63) is 23.8 Å². The zero-order chi connectivity index (χ0) is 14.3. The molecule has 3 N–H and O–H groups in total. The number of anilines is 1. The second kappa shape index (κ2) is 7.07. The first-order valence-corrected chi connectivity index (χ1v) is 5.84. The molecule has 0 aliphatic heterocycles. The Bertz CT molecular complexity index is 517. The molecule has 0 aromatic heterocycles. The number of carbonyl (C=O) groups excluding carboxylic acids is 1. The highest BCUT2D eigenvalue weighted by atomic mass is 16.4. The average molecular weight is 261 g/mol. The second-order valence-electron chi connectivity index (χ2n) is 4.00. The Kier molecular flexibility index (Phi) is 5.42. The summed E-state index contributed by atoms with van der Waals surface area (Å²) < 4.78 is 0. The first-order valence-electron chi connectivity index (χ1n) is 5.84. The Morgan fingerprint density at radius 1 is 1.32 bits per heavy atom. The van der Waals surface area contributed by atoms with Gasteiger partial charge in [-0.05, 0) is 25.0 Å².